The third kappa shape index (κ3) is 5.03. The van der Waals surface area contributed by atoms with E-state index >= 15 is 0 Å². The summed E-state index contributed by atoms with van der Waals surface area (Å²) < 4.78 is 0. The van der Waals surface area contributed by atoms with E-state index in [1.54, 1.807) is 0 Å². The molecule has 178 valence electrons. The Hall–Kier alpha value is -4.63. The molecule has 0 fully saturated rings. The Labute approximate surface area is 217 Å². The van der Waals surface area contributed by atoms with Gasteiger partial charge in [-0.05, 0) is 42.0 Å². The maximum Gasteiger partial charge on any atom is 0.164 e. The summed E-state index contributed by atoms with van der Waals surface area (Å²) in [5, 5.41) is 0. The Bertz CT molecular complexity index is 1580. The first kappa shape index (κ1) is 22.8. The highest BCUT2D eigenvalue weighted by molar-refractivity contribution is 5.76. The molecule has 0 spiro atoms. The molecule has 6 rings (SSSR count). The van der Waals surface area contributed by atoms with Gasteiger partial charge < -0.3 is 0 Å². The van der Waals surface area contributed by atoms with E-state index < -0.39 is 0 Å². The lowest BCUT2D eigenvalue weighted by molar-refractivity contribution is 1.04. The van der Waals surface area contributed by atoms with Gasteiger partial charge in [0.1, 0.15) is 0 Å². The van der Waals surface area contributed by atoms with Gasteiger partial charge in [-0.25, -0.2) is 15.0 Å². The lowest BCUT2D eigenvalue weighted by Gasteiger charge is -2.11. The zero-order valence-electron chi connectivity index (χ0n) is 20.8. The molecule has 0 saturated heterocycles. The van der Waals surface area contributed by atoms with Gasteiger partial charge in [0.15, 0.2) is 17.5 Å². The van der Waals surface area contributed by atoms with Gasteiger partial charge in [-0.15, -0.1) is 0 Å². The lowest BCUT2D eigenvalue weighted by Crippen LogP contribution is -2.00. The normalized spacial score (nSPS) is 12.8. The molecule has 37 heavy (non-hydrogen) atoms. The van der Waals surface area contributed by atoms with Crippen LogP contribution in [0.2, 0.25) is 0 Å². The summed E-state index contributed by atoms with van der Waals surface area (Å²) in [4.78, 5) is 14.7. The van der Waals surface area contributed by atoms with Gasteiger partial charge in [0.25, 0.3) is 0 Å². The summed E-state index contributed by atoms with van der Waals surface area (Å²) in [6.45, 7) is 2.08. The molecular formula is C34H27N3. The van der Waals surface area contributed by atoms with Crippen LogP contribution in [0.25, 0.3) is 50.9 Å². The zero-order valence-corrected chi connectivity index (χ0v) is 20.8. The van der Waals surface area contributed by atoms with Crippen LogP contribution in [0.5, 0.6) is 0 Å². The molecule has 3 nitrogen and oxygen atoms in total. The van der Waals surface area contributed by atoms with Crippen molar-refractivity contribution in [2.45, 2.75) is 19.8 Å². The molecule has 0 unspecified atom stereocenters. The minimum atomic E-state index is 0.669. The van der Waals surface area contributed by atoms with E-state index in [1.807, 2.05) is 6.07 Å². The van der Waals surface area contributed by atoms with E-state index in [4.69, 9.17) is 15.0 Å². The van der Waals surface area contributed by atoms with Crippen molar-refractivity contribution in [1.82, 2.24) is 15.0 Å². The summed E-state index contributed by atoms with van der Waals surface area (Å²) in [6, 6.07) is 35.7. The third-order valence-electron chi connectivity index (χ3n) is 6.67. The second kappa shape index (κ2) is 10.2. The van der Waals surface area contributed by atoms with Crippen molar-refractivity contribution in [3.63, 3.8) is 0 Å². The highest BCUT2D eigenvalue weighted by Gasteiger charge is 2.13. The van der Waals surface area contributed by atoms with Crippen LogP contribution in [0.15, 0.2) is 121 Å². The molecular weight excluding hydrogens is 450 g/mol. The van der Waals surface area contributed by atoms with Crippen LogP contribution >= 0.6 is 0 Å². The molecule has 1 aliphatic carbocycles. The number of hydrogen-bond donors (Lipinski definition) is 0. The molecule has 1 aromatic heterocycles. The molecule has 5 aromatic rings. The molecule has 0 radical (unpaired) electrons. The molecule has 4 aromatic carbocycles. The fraction of sp³-hybridized carbons (Fsp3) is 0.0882. The van der Waals surface area contributed by atoms with Crippen molar-refractivity contribution < 1.29 is 0 Å². The Kier molecular flexibility index (Phi) is 6.26. The van der Waals surface area contributed by atoms with Crippen LogP contribution in [0.3, 0.4) is 0 Å². The molecule has 1 aliphatic rings. The van der Waals surface area contributed by atoms with Crippen LogP contribution in [0, 0.1) is 6.92 Å². The zero-order chi connectivity index (χ0) is 25.0. The fourth-order valence-corrected chi connectivity index (χ4v) is 4.55. The number of aryl methyl sites for hydroxylation is 1. The summed E-state index contributed by atoms with van der Waals surface area (Å²) in [7, 11) is 0. The van der Waals surface area contributed by atoms with Gasteiger partial charge in [0, 0.05) is 16.7 Å². The predicted molar refractivity (Wildman–Crippen MR) is 153 cm³/mol. The summed E-state index contributed by atoms with van der Waals surface area (Å²) in [5.74, 6) is 2.02. The topological polar surface area (TPSA) is 38.7 Å². The monoisotopic (exact) mass is 477 g/mol. The quantitative estimate of drug-likeness (QED) is 0.254. The Morgan fingerprint density at radius 3 is 1.43 bits per heavy atom. The summed E-state index contributed by atoms with van der Waals surface area (Å²) in [6.07, 6.45) is 8.94. The third-order valence-corrected chi connectivity index (χ3v) is 6.67. The van der Waals surface area contributed by atoms with E-state index in [0.717, 1.165) is 29.5 Å². The SMILES string of the molecule is Cc1ccc(-c2nc(-c3ccc(C4=CCCC=C4)cc3)nc(-c3ccc(-c4ccccc4)cc3)n2)cc1. The Morgan fingerprint density at radius 2 is 0.919 bits per heavy atom. The predicted octanol–water partition coefficient (Wildman–Crippen LogP) is 8.58. The van der Waals surface area contributed by atoms with Gasteiger partial charge in [-0.1, -0.05) is 127 Å². The summed E-state index contributed by atoms with van der Waals surface area (Å²) >= 11 is 0. The van der Waals surface area contributed by atoms with Crippen molar-refractivity contribution in [3.8, 4) is 45.3 Å². The average Bonchev–Trinajstić information content (AvgIpc) is 2.98. The van der Waals surface area contributed by atoms with Crippen LogP contribution in [-0.4, -0.2) is 15.0 Å². The maximum absolute atomic E-state index is 4.91. The van der Waals surface area contributed by atoms with Crippen molar-refractivity contribution in [1.29, 1.82) is 0 Å². The fourth-order valence-electron chi connectivity index (χ4n) is 4.55. The van der Waals surface area contributed by atoms with Gasteiger partial charge in [0.2, 0.25) is 0 Å². The van der Waals surface area contributed by atoms with E-state index in [0.29, 0.717) is 17.5 Å². The second-order valence-electron chi connectivity index (χ2n) is 9.33. The van der Waals surface area contributed by atoms with Crippen LogP contribution < -0.4 is 0 Å². The van der Waals surface area contributed by atoms with Crippen LogP contribution in [0.1, 0.15) is 24.0 Å². The van der Waals surface area contributed by atoms with E-state index in [2.05, 4.69) is 122 Å². The van der Waals surface area contributed by atoms with Gasteiger partial charge in [0.05, 0.1) is 0 Å². The summed E-state index contributed by atoms with van der Waals surface area (Å²) in [5.41, 5.74) is 8.96. The maximum atomic E-state index is 4.91. The van der Waals surface area contributed by atoms with Crippen molar-refractivity contribution >= 4 is 5.57 Å². The highest BCUT2D eigenvalue weighted by Crippen LogP contribution is 2.28. The molecule has 0 saturated carbocycles. The lowest BCUT2D eigenvalue weighted by atomic mass is 9.98. The number of allylic oxidation sites excluding steroid dienone is 4. The van der Waals surface area contributed by atoms with Gasteiger partial charge in [-0.2, -0.15) is 0 Å². The van der Waals surface area contributed by atoms with Crippen molar-refractivity contribution in [3.05, 3.63) is 132 Å². The molecule has 3 heteroatoms. The van der Waals surface area contributed by atoms with E-state index in [9.17, 15) is 0 Å². The number of nitrogens with zero attached hydrogens (tertiary/aromatic N) is 3. The average molecular weight is 478 g/mol. The minimum absolute atomic E-state index is 0.669. The standard InChI is InChI=1S/C34H27N3/c1-24-12-14-29(15-13-24)32-35-33(30-20-16-27(17-21-30)25-8-4-2-5-9-25)37-34(36-32)31-22-18-28(19-23-31)26-10-6-3-7-11-26/h2,4-6,8-23H,3,7H2,1H3. The molecule has 0 bridgehead atoms. The first-order valence-corrected chi connectivity index (χ1v) is 12.7. The Balaban J connectivity index is 1.40. The molecule has 0 amide bonds. The number of rotatable bonds is 5. The largest absolute Gasteiger partial charge is 0.208 e. The smallest absolute Gasteiger partial charge is 0.164 e. The number of aromatic nitrogens is 3. The molecule has 0 aliphatic heterocycles. The van der Waals surface area contributed by atoms with Crippen LogP contribution in [0.4, 0.5) is 0 Å². The molecule has 0 atom stereocenters. The Morgan fingerprint density at radius 1 is 0.459 bits per heavy atom. The first-order valence-electron chi connectivity index (χ1n) is 12.7. The van der Waals surface area contributed by atoms with Gasteiger partial charge >= 0.3 is 0 Å². The molecule has 0 N–H and O–H groups in total. The number of hydrogen-bond acceptors (Lipinski definition) is 3. The van der Waals surface area contributed by atoms with E-state index in [1.165, 1.54) is 27.8 Å². The highest BCUT2D eigenvalue weighted by atomic mass is 15.0. The van der Waals surface area contributed by atoms with Crippen LogP contribution in [-0.2, 0) is 0 Å². The number of benzene rings is 4. The van der Waals surface area contributed by atoms with Gasteiger partial charge in [-0.3, -0.25) is 0 Å². The first-order chi connectivity index (χ1) is 18.2. The van der Waals surface area contributed by atoms with E-state index in [-0.39, 0.29) is 0 Å². The van der Waals surface area contributed by atoms with Crippen molar-refractivity contribution in [2.24, 2.45) is 0 Å². The van der Waals surface area contributed by atoms with Crippen molar-refractivity contribution in [2.75, 3.05) is 0 Å². The minimum Gasteiger partial charge on any atom is -0.208 e. The molecule has 1 heterocycles. The second-order valence-corrected chi connectivity index (χ2v) is 9.33.